The fourth-order valence-electron chi connectivity index (χ4n) is 2.44. The second-order valence-electron chi connectivity index (χ2n) is 5.41. The van der Waals surface area contributed by atoms with Crippen LogP contribution in [0.2, 0.25) is 0 Å². The maximum Gasteiger partial charge on any atom is 0.0555 e. The van der Waals surface area contributed by atoms with E-state index in [1.807, 2.05) is 12.1 Å². The molecule has 0 spiro atoms. The Hall–Kier alpha value is -2.24. The van der Waals surface area contributed by atoms with Crippen LogP contribution in [0, 0.1) is 25.7 Å². The molecular weight excluding hydrogens is 256 g/mol. The van der Waals surface area contributed by atoms with E-state index in [1.165, 1.54) is 22.4 Å². The van der Waals surface area contributed by atoms with Crippen molar-refractivity contribution in [2.45, 2.75) is 20.4 Å². The van der Waals surface area contributed by atoms with Gasteiger partial charge in [0, 0.05) is 24.8 Å². The number of rotatable bonds is 3. The van der Waals surface area contributed by atoms with Gasteiger partial charge in [-0.2, -0.15) is 0 Å². The first kappa shape index (κ1) is 15.2. The number of anilines is 1. The predicted molar refractivity (Wildman–Crippen MR) is 90.4 cm³/mol. The van der Waals surface area contributed by atoms with Crippen molar-refractivity contribution < 1.29 is 0 Å². The summed E-state index contributed by atoms with van der Waals surface area (Å²) < 4.78 is 0. The number of nitrogens with zero attached hydrogens (tertiary/aromatic N) is 1. The summed E-state index contributed by atoms with van der Waals surface area (Å²) in [5, 5.41) is 0. The van der Waals surface area contributed by atoms with E-state index in [1.54, 1.807) is 0 Å². The molecule has 2 N–H and O–H groups in total. The molecule has 0 saturated carbocycles. The highest BCUT2D eigenvalue weighted by molar-refractivity contribution is 5.51. The molecule has 0 aliphatic heterocycles. The zero-order valence-electron chi connectivity index (χ0n) is 13.0. The zero-order valence-corrected chi connectivity index (χ0v) is 13.0. The van der Waals surface area contributed by atoms with Crippen molar-refractivity contribution in [3.05, 3.63) is 64.7 Å². The van der Waals surface area contributed by atoms with E-state index in [9.17, 15) is 0 Å². The fourth-order valence-corrected chi connectivity index (χ4v) is 2.44. The highest BCUT2D eigenvalue weighted by Gasteiger charge is 2.04. The van der Waals surface area contributed by atoms with Gasteiger partial charge in [0.05, 0.1) is 6.54 Å². The Morgan fingerprint density at radius 2 is 1.76 bits per heavy atom. The third-order valence-corrected chi connectivity index (χ3v) is 3.33. The summed E-state index contributed by atoms with van der Waals surface area (Å²) in [5.74, 6) is 5.98. The minimum Gasteiger partial charge on any atom is -0.370 e. The first-order chi connectivity index (χ1) is 10.1. The quantitative estimate of drug-likeness (QED) is 0.873. The van der Waals surface area contributed by atoms with Crippen LogP contribution in [0.15, 0.2) is 42.5 Å². The lowest BCUT2D eigenvalue weighted by molar-refractivity contribution is 0.920. The molecule has 2 nitrogen and oxygen atoms in total. The Kier molecular flexibility index (Phi) is 5.03. The van der Waals surface area contributed by atoms with Crippen LogP contribution >= 0.6 is 0 Å². The van der Waals surface area contributed by atoms with Crippen LogP contribution in [-0.2, 0) is 6.54 Å². The van der Waals surface area contributed by atoms with E-state index < -0.39 is 0 Å². The van der Waals surface area contributed by atoms with Crippen molar-refractivity contribution in [2.75, 3.05) is 18.5 Å². The average Bonchev–Trinajstić information content (AvgIpc) is 2.44. The lowest BCUT2D eigenvalue weighted by Gasteiger charge is -2.20. The minimum atomic E-state index is 0.396. The van der Waals surface area contributed by atoms with Gasteiger partial charge in [-0.15, -0.1) is 0 Å². The largest absolute Gasteiger partial charge is 0.370 e. The number of benzene rings is 2. The summed E-state index contributed by atoms with van der Waals surface area (Å²) >= 11 is 0. The molecule has 21 heavy (non-hydrogen) atoms. The Bertz CT molecular complexity index is 657. The van der Waals surface area contributed by atoms with Gasteiger partial charge in [-0.1, -0.05) is 30.0 Å². The van der Waals surface area contributed by atoms with Crippen LogP contribution in [0.25, 0.3) is 0 Å². The second kappa shape index (κ2) is 6.97. The van der Waals surface area contributed by atoms with Crippen molar-refractivity contribution in [1.29, 1.82) is 0 Å². The highest BCUT2D eigenvalue weighted by atomic mass is 15.1. The molecule has 0 bridgehead atoms. The molecule has 0 amide bonds. The molecule has 0 unspecified atom stereocenters. The number of aryl methyl sites for hydroxylation is 2. The molecule has 108 valence electrons. The predicted octanol–water partition coefficient (Wildman–Crippen LogP) is 3.25. The normalized spacial score (nSPS) is 9.90. The Balaban J connectivity index is 2.17. The van der Waals surface area contributed by atoms with Crippen molar-refractivity contribution in [3.63, 3.8) is 0 Å². The summed E-state index contributed by atoms with van der Waals surface area (Å²) in [5.41, 5.74) is 11.5. The summed E-state index contributed by atoms with van der Waals surface area (Å²) in [6, 6.07) is 14.9. The minimum absolute atomic E-state index is 0.396. The van der Waals surface area contributed by atoms with Crippen molar-refractivity contribution in [2.24, 2.45) is 5.73 Å². The smallest absolute Gasteiger partial charge is 0.0555 e. The van der Waals surface area contributed by atoms with E-state index in [0.29, 0.717) is 6.54 Å². The summed E-state index contributed by atoms with van der Waals surface area (Å²) in [4.78, 5) is 2.26. The molecule has 2 heteroatoms. The van der Waals surface area contributed by atoms with E-state index in [0.717, 1.165) is 12.1 Å². The van der Waals surface area contributed by atoms with Gasteiger partial charge < -0.3 is 10.6 Å². The van der Waals surface area contributed by atoms with Crippen LogP contribution < -0.4 is 10.6 Å². The van der Waals surface area contributed by atoms with Crippen LogP contribution in [0.1, 0.15) is 22.3 Å². The summed E-state index contributed by atoms with van der Waals surface area (Å²) in [6.07, 6.45) is 0. The van der Waals surface area contributed by atoms with Gasteiger partial charge in [-0.25, -0.2) is 0 Å². The van der Waals surface area contributed by atoms with Gasteiger partial charge in [-0.3, -0.25) is 0 Å². The van der Waals surface area contributed by atoms with Gasteiger partial charge in [0.25, 0.3) is 0 Å². The van der Waals surface area contributed by atoms with Crippen molar-refractivity contribution in [1.82, 2.24) is 0 Å². The van der Waals surface area contributed by atoms with Crippen molar-refractivity contribution >= 4 is 5.69 Å². The average molecular weight is 278 g/mol. The third kappa shape index (κ3) is 4.37. The molecule has 0 saturated heterocycles. The number of nitrogens with two attached hydrogens (primary N) is 1. The standard InChI is InChI=1S/C19H22N2/c1-15-10-16(2)12-19(11-15)21(3)14-18-7-4-6-17(13-18)8-5-9-20/h4,6-7,10-13H,9,14,20H2,1-3H3. The topological polar surface area (TPSA) is 29.3 Å². The summed E-state index contributed by atoms with van der Waals surface area (Å²) in [6.45, 7) is 5.52. The molecule has 0 aliphatic carbocycles. The molecule has 0 radical (unpaired) electrons. The van der Waals surface area contributed by atoms with E-state index in [2.05, 4.69) is 68.0 Å². The molecule has 0 fully saturated rings. The van der Waals surface area contributed by atoms with Crippen LogP contribution in [0.4, 0.5) is 5.69 Å². The first-order valence-electron chi connectivity index (χ1n) is 7.16. The van der Waals surface area contributed by atoms with Crippen LogP contribution in [0.5, 0.6) is 0 Å². The van der Waals surface area contributed by atoms with Crippen LogP contribution in [-0.4, -0.2) is 13.6 Å². The van der Waals surface area contributed by atoms with Crippen LogP contribution in [0.3, 0.4) is 0 Å². The number of hydrogen-bond donors (Lipinski definition) is 1. The maximum atomic E-state index is 5.42. The molecular formula is C19H22N2. The van der Waals surface area contributed by atoms with Gasteiger partial charge in [-0.05, 0) is 54.8 Å². The monoisotopic (exact) mass is 278 g/mol. The Morgan fingerprint density at radius 1 is 1.05 bits per heavy atom. The van der Waals surface area contributed by atoms with Gasteiger partial charge in [0.15, 0.2) is 0 Å². The second-order valence-corrected chi connectivity index (χ2v) is 5.41. The van der Waals surface area contributed by atoms with Gasteiger partial charge in [0.1, 0.15) is 0 Å². The molecule has 0 atom stereocenters. The Morgan fingerprint density at radius 3 is 2.43 bits per heavy atom. The van der Waals surface area contributed by atoms with Gasteiger partial charge in [0.2, 0.25) is 0 Å². The molecule has 0 aliphatic rings. The van der Waals surface area contributed by atoms with E-state index in [4.69, 9.17) is 5.73 Å². The fraction of sp³-hybridized carbons (Fsp3) is 0.263. The lowest BCUT2D eigenvalue weighted by atomic mass is 10.1. The lowest BCUT2D eigenvalue weighted by Crippen LogP contribution is -2.16. The highest BCUT2D eigenvalue weighted by Crippen LogP contribution is 2.19. The maximum absolute atomic E-state index is 5.42. The SMILES string of the molecule is Cc1cc(C)cc(N(C)Cc2cccc(C#CCN)c2)c1. The number of hydrogen-bond acceptors (Lipinski definition) is 2. The van der Waals surface area contributed by atoms with Gasteiger partial charge >= 0.3 is 0 Å². The molecule has 2 aromatic rings. The molecule has 0 aromatic heterocycles. The van der Waals surface area contributed by atoms with E-state index in [-0.39, 0.29) is 0 Å². The third-order valence-electron chi connectivity index (χ3n) is 3.33. The van der Waals surface area contributed by atoms with E-state index >= 15 is 0 Å². The van der Waals surface area contributed by atoms with Crippen molar-refractivity contribution in [3.8, 4) is 11.8 Å². The summed E-state index contributed by atoms with van der Waals surface area (Å²) in [7, 11) is 2.12. The molecule has 2 aromatic carbocycles. The Labute approximate surface area is 127 Å². The first-order valence-corrected chi connectivity index (χ1v) is 7.16. The molecule has 2 rings (SSSR count). The zero-order chi connectivity index (χ0) is 15.2. The molecule has 0 heterocycles.